The minimum absolute atomic E-state index is 0.124. The Hall–Kier alpha value is -1.63. The van der Waals surface area contributed by atoms with Gasteiger partial charge in [0, 0.05) is 46.1 Å². The molecule has 0 bridgehead atoms. The monoisotopic (exact) mass is 391 g/mol. The number of aliphatic imine (C=N–C) groups is 1. The van der Waals surface area contributed by atoms with E-state index in [1.54, 1.807) is 0 Å². The van der Waals surface area contributed by atoms with Gasteiger partial charge in [0.05, 0.1) is 12.2 Å². The van der Waals surface area contributed by atoms with Gasteiger partial charge in [0.15, 0.2) is 5.96 Å². The summed E-state index contributed by atoms with van der Waals surface area (Å²) in [5, 5.41) is 6.67. The van der Waals surface area contributed by atoms with E-state index in [-0.39, 0.29) is 6.10 Å². The van der Waals surface area contributed by atoms with Crippen LogP contribution >= 0.6 is 0 Å². The summed E-state index contributed by atoms with van der Waals surface area (Å²) in [4.78, 5) is 4.63. The highest BCUT2D eigenvalue weighted by molar-refractivity contribution is 5.79. The lowest BCUT2D eigenvalue weighted by Gasteiger charge is -2.22. The molecule has 1 heterocycles. The Morgan fingerprint density at radius 2 is 1.93 bits per heavy atom. The number of hydrogen-bond acceptors (Lipinski definition) is 4. The Morgan fingerprint density at radius 3 is 2.68 bits per heavy atom. The number of nitrogens with one attached hydrogen (secondary N) is 2. The Labute approximate surface area is 170 Å². The fourth-order valence-electron chi connectivity index (χ4n) is 3.05. The van der Waals surface area contributed by atoms with Crippen LogP contribution in [0.4, 0.5) is 0 Å². The van der Waals surface area contributed by atoms with Gasteiger partial charge in [-0.25, -0.2) is 0 Å². The maximum atomic E-state index is 5.91. The molecule has 2 rings (SSSR count). The van der Waals surface area contributed by atoms with Gasteiger partial charge < -0.3 is 24.8 Å². The van der Waals surface area contributed by atoms with Gasteiger partial charge in [-0.1, -0.05) is 30.3 Å². The van der Waals surface area contributed by atoms with Gasteiger partial charge in [0.1, 0.15) is 0 Å². The molecule has 2 N–H and O–H groups in total. The number of ether oxygens (including phenoxy) is 3. The predicted molar refractivity (Wildman–Crippen MR) is 114 cm³/mol. The molecular weight excluding hydrogens is 354 g/mol. The molecule has 1 saturated heterocycles. The first-order chi connectivity index (χ1) is 13.8. The molecule has 158 valence electrons. The second-order valence-corrected chi connectivity index (χ2v) is 7.00. The standard InChI is InChI=1S/C22H37N3O3/c1-3-23-22(25-14-8-16-28-21-11-17-26-18-12-21)24-13-7-15-27-19(2)20-9-5-4-6-10-20/h4-6,9-10,19,21H,3,7-8,11-18H2,1-2H3,(H2,23,24,25). The number of rotatable bonds is 12. The van der Waals surface area contributed by atoms with Gasteiger partial charge in [-0.15, -0.1) is 0 Å². The second-order valence-electron chi connectivity index (χ2n) is 7.00. The zero-order valence-electron chi connectivity index (χ0n) is 17.5. The molecule has 0 radical (unpaired) electrons. The van der Waals surface area contributed by atoms with Gasteiger partial charge in [-0.2, -0.15) is 0 Å². The summed E-state index contributed by atoms with van der Waals surface area (Å²) in [6.07, 6.45) is 4.39. The molecule has 6 heteroatoms. The number of benzene rings is 1. The van der Waals surface area contributed by atoms with Crippen molar-refractivity contribution in [2.75, 3.05) is 46.1 Å². The van der Waals surface area contributed by atoms with Crippen LogP contribution in [0, 0.1) is 0 Å². The largest absolute Gasteiger partial charge is 0.381 e. The van der Waals surface area contributed by atoms with Crippen molar-refractivity contribution in [2.45, 2.75) is 51.7 Å². The summed E-state index contributed by atoms with van der Waals surface area (Å²) < 4.78 is 17.2. The van der Waals surface area contributed by atoms with Crippen molar-refractivity contribution in [1.82, 2.24) is 10.6 Å². The third kappa shape index (κ3) is 9.53. The van der Waals surface area contributed by atoms with Crippen molar-refractivity contribution in [1.29, 1.82) is 0 Å². The molecule has 6 nitrogen and oxygen atoms in total. The quantitative estimate of drug-likeness (QED) is 0.325. The van der Waals surface area contributed by atoms with Crippen LogP contribution in [0.15, 0.2) is 35.3 Å². The van der Waals surface area contributed by atoms with Gasteiger partial charge in [0.25, 0.3) is 0 Å². The van der Waals surface area contributed by atoms with Crippen molar-refractivity contribution in [2.24, 2.45) is 4.99 Å². The molecule has 0 amide bonds. The molecule has 0 spiro atoms. The molecule has 0 saturated carbocycles. The number of guanidine groups is 1. The first-order valence-corrected chi connectivity index (χ1v) is 10.7. The second kappa shape index (κ2) is 14.4. The molecule has 1 aromatic carbocycles. The van der Waals surface area contributed by atoms with E-state index in [1.165, 1.54) is 5.56 Å². The zero-order valence-corrected chi connectivity index (χ0v) is 17.5. The number of hydrogen-bond donors (Lipinski definition) is 2. The van der Waals surface area contributed by atoms with Crippen LogP contribution in [0.25, 0.3) is 0 Å². The topological polar surface area (TPSA) is 64.1 Å². The molecule has 1 aliphatic rings. The Bertz CT molecular complexity index is 533. The average Bonchev–Trinajstić information content (AvgIpc) is 2.74. The lowest BCUT2D eigenvalue weighted by molar-refractivity contribution is -0.0318. The summed E-state index contributed by atoms with van der Waals surface area (Å²) in [7, 11) is 0. The summed E-state index contributed by atoms with van der Waals surface area (Å²) in [6, 6.07) is 10.3. The molecule has 1 unspecified atom stereocenters. The Morgan fingerprint density at radius 1 is 1.14 bits per heavy atom. The SMILES string of the molecule is CCNC(=NCCCOC1CCOCC1)NCCCOC(C)c1ccccc1. The molecule has 1 atom stereocenters. The first-order valence-electron chi connectivity index (χ1n) is 10.7. The highest BCUT2D eigenvalue weighted by Gasteiger charge is 2.13. The number of nitrogens with zero attached hydrogens (tertiary/aromatic N) is 1. The van der Waals surface area contributed by atoms with Crippen molar-refractivity contribution < 1.29 is 14.2 Å². The van der Waals surface area contributed by atoms with E-state index >= 15 is 0 Å². The highest BCUT2D eigenvalue weighted by atomic mass is 16.5. The van der Waals surface area contributed by atoms with E-state index in [4.69, 9.17) is 14.2 Å². The third-order valence-corrected chi connectivity index (χ3v) is 4.69. The molecule has 1 aromatic rings. The van der Waals surface area contributed by atoms with E-state index in [1.807, 2.05) is 18.2 Å². The maximum absolute atomic E-state index is 5.91. The molecule has 0 aliphatic carbocycles. The lowest BCUT2D eigenvalue weighted by atomic mass is 10.1. The normalized spacial score (nSPS) is 16.7. The fourth-order valence-corrected chi connectivity index (χ4v) is 3.05. The van der Waals surface area contributed by atoms with E-state index in [0.29, 0.717) is 6.10 Å². The zero-order chi connectivity index (χ0) is 19.9. The van der Waals surface area contributed by atoms with Crippen LogP contribution in [0.2, 0.25) is 0 Å². The van der Waals surface area contributed by atoms with Crippen LogP contribution in [0.1, 0.15) is 51.2 Å². The first kappa shape index (κ1) is 22.7. The molecule has 0 aromatic heterocycles. The molecule has 28 heavy (non-hydrogen) atoms. The maximum Gasteiger partial charge on any atom is 0.191 e. The van der Waals surface area contributed by atoms with Crippen LogP contribution in [0.3, 0.4) is 0 Å². The van der Waals surface area contributed by atoms with E-state index < -0.39 is 0 Å². The van der Waals surface area contributed by atoms with Gasteiger partial charge >= 0.3 is 0 Å². The van der Waals surface area contributed by atoms with Crippen molar-refractivity contribution in [3.8, 4) is 0 Å². The highest BCUT2D eigenvalue weighted by Crippen LogP contribution is 2.15. The van der Waals surface area contributed by atoms with Crippen LogP contribution in [-0.2, 0) is 14.2 Å². The van der Waals surface area contributed by atoms with Crippen LogP contribution in [-0.4, -0.2) is 58.1 Å². The minimum atomic E-state index is 0.124. The molecule has 1 aliphatic heterocycles. The average molecular weight is 392 g/mol. The summed E-state index contributed by atoms with van der Waals surface area (Å²) in [5.41, 5.74) is 1.22. The summed E-state index contributed by atoms with van der Waals surface area (Å²) in [5.74, 6) is 0.865. The van der Waals surface area contributed by atoms with Gasteiger partial charge in [-0.05, 0) is 45.1 Å². The Kier molecular flexibility index (Phi) is 11.6. The summed E-state index contributed by atoms with van der Waals surface area (Å²) in [6.45, 7) is 9.77. The Balaban J connectivity index is 1.55. The van der Waals surface area contributed by atoms with Gasteiger partial charge in [0.2, 0.25) is 0 Å². The van der Waals surface area contributed by atoms with Crippen molar-refractivity contribution >= 4 is 5.96 Å². The predicted octanol–water partition coefficient (Wildman–Crippen LogP) is 3.30. The van der Waals surface area contributed by atoms with Crippen molar-refractivity contribution in [3.05, 3.63) is 35.9 Å². The van der Waals surface area contributed by atoms with E-state index in [9.17, 15) is 0 Å². The van der Waals surface area contributed by atoms with E-state index in [0.717, 1.165) is 77.7 Å². The van der Waals surface area contributed by atoms with Crippen LogP contribution in [0.5, 0.6) is 0 Å². The van der Waals surface area contributed by atoms with Crippen LogP contribution < -0.4 is 10.6 Å². The molecule has 1 fully saturated rings. The van der Waals surface area contributed by atoms with Gasteiger partial charge in [-0.3, -0.25) is 4.99 Å². The third-order valence-electron chi connectivity index (χ3n) is 4.69. The van der Waals surface area contributed by atoms with Crippen molar-refractivity contribution in [3.63, 3.8) is 0 Å². The fraction of sp³-hybridized carbons (Fsp3) is 0.682. The minimum Gasteiger partial charge on any atom is -0.381 e. The summed E-state index contributed by atoms with van der Waals surface area (Å²) >= 11 is 0. The van der Waals surface area contributed by atoms with E-state index in [2.05, 4.69) is 41.6 Å². The molecular formula is C22H37N3O3. The lowest BCUT2D eigenvalue weighted by Crippen LogP contribution is -2.38. The smallest absolute Gasteiger partial charge is 0.191 e.